The van der Waals surface area contributed by atoms with E-state index < -0.39 is 17.3 Å². The van der Waals surface area contributed by atoms with E-state index in [0.717, 1.165) is 30.0 Å². The van der Waals surface area contributed by atoms with Gasteiger partial charge in [-0.25, -0.2) is 8.78 Å². The minimum absolute atomic E-state index is 0.263. The molecule has 4 heteroatoms. The number of nitrogens with zero attached hydrogens (tertiary/aromatic N) is 1. The summed E-state index contributed by atoms with van der Waals surface area (Å²) in [6.07, 6.45) is 9.93. The SMILES string of the molecule is Fc1cc(C#Cc2ccc3c(c2)CC(CC2CCCC2)=C3)cc(F)c1N=C=S. The molecule has 1 fully saturated rings. The second-order valence-electron chi connectivity index (χ2n) is 7.49. The molecule has 0 spiro atoms. The van der Waals surface area contributed by atoms with E-state index in [1.165, 1.54) is 48.8 Å². The van der Waals surface area contributed by atoms with Crippen molar-refractivity contribution in [1.29, 1.82) is 0 Å². The fraction of sp³-hybridized carbons (Fsp3) is 0.292. The summed E-state index contributed by atoms with van der Waals surface area (Å²) in [5.41, 5.74) is 4.72. The number of thiocarbonyl (C=S) groups is 1. The van der Waals surface area contributed by atoms with Crippen LogP contribution in [0.25, 0.3) is 6.08 Å². The first-order valence-corrected chi connectivity index (χ1v) is 9.94. The average Bonchev–Trinajstić information content (AvgIpc) is 3.32. The van der Waals surface area contributed by atoms with Crippen molar-refractivity contribution in [2.75, 3.05) is 0 Å². The fourth-order valence-corrected chi connectivity index (χ4v) is 4.24. The summed E-state index contributed by atoms with van der Waals surface area (Å²) in [7, 11) is 0. The summed E-state index contributed by atoms with van der Waals surface area (Å²) < 4.78 is 27.8. The lowest BCUT2D eigenvalue weighted by Crippen LogP contribution is -1.96. The molecule has 0 N–H and O–H groups in total. The maximum atomic E-state index is 13.9. The van der Waals surface area contributed by atoms with Gasteiger partial charge in [0, 0.05) is 11.1 Å². The van der Waals surface area contributed by atoms with Gasteiger partial charge in [0.15, 0.2) is 11.6 Å². The highest BCUT2D eigenvalue weighted by atomic mass is 32.1. The van der Waals surface area contributed by atoms with Gasteiger partial charge < -0.3 is 0 Å². The van der Waals surface area contributed by atoms with E-state index in [0.29, 0.717) is 0 Å². The Morgan fingerprint density at radius 2 is 1.71 bits per heavy atom. The number of allylic oxidation sites excluding steroid dienone is 1. The zero-order valence-corrected chi connectivity index (χ0v) is 16.2. The fourth-order valence-electron chi connectivity index (χ4n) is 4.14. The van der Waals surface area contributed by atoms with Crippen LogP contribution in [0.15, 0.2) is 40.9 Å². The molecule has 0 amide bonds. The lowest BCUT2D eigenvalue weighted by atomic mass is 9.96. The standard InChI is InChI=1S/C24H19F2NS/c25-22-13-18(14-23(26)24(22)27-15-28)6-5-17-7-8-20-11-19(12-21(20)10-17)9-16-3-1-2-4-16/h7-8,10-11,13-14,16H,1-4,9,12H2. The van der Waals surface area contributed by atoms with Crippen molar-refractivity contribution in [1.82, 2.24) is 0 Å². The third-order valence-electron chi connectivity index (χ3n) is 5.47. The highest BCUT2D eigenvalue weighted by Gasteiger charge is 2.20. The second-order valence-corrected chi connectivity index (χ2v) is 7.67. The molecule has 4 rings (SSSR count). The Hall–Kier alpha value is -2.60. The maximum Gasteiger partial charge on any atom is 0.153 e. The Morgan fingerprint density at radius 3 is 2.43 bits per heavy atom. The van der Waals surface area contributed by atoms with Crippen molar-refractivity contribution in [2.24, 2.45) is 10.9 Å². The van der Waals surface area contributed by atoms with Crippen LogP contribution in [0.5, 0.6) is 0 Å². The highest BCUT2D eigenvalue weighted by Crippen LogP contribution is 2.35. The molecule has 0 saturated heterocycles. The van der Waals surface area contributed by atoms with Crippen LogP contribution < -0.4 is 0 Å². The van der Waals surface area contributed by atoms with Crippen LogP contribution in [0.2, 0.25) is 0 Å². The largest absolute Gasteiger partial charge is 0.204 e. The monoisotopic (exact) mass is 391 g/mol. The molecule has 2 aliphatic carbocycles. The van der Waals surface area contributed by atoms with E-state index in [4.69, 9.17) is 0 Å². The zero-order chi connectivity index (χ0) is 19.5. The summed E-state index contributed by atoms with van der Waals surface area (Å²) >= 11 is 4.41. The van der Waals surface area contributed by atoms with Crippen LogP contribution >= 0.6 is 12.2 Å². The molecule has 2 aliphatic rings. The molecule has 2 aromatic rings. The number of benzene rings is 2. The molecule has 0 atom stereocenters. The van der Waals surface area contributed by atoms with Gasteiger partial charge in [0.1, 0.15) is 5.69 Å². The Balaban J connectivity index is 1.50. The number of halogens is 2. The first-order chi connectivity index (χ1) is 13.6. The van der Waals surface area contributed by atoms with Crippen molar-refractivity contribution < 1.29 is 8.78 Å². The van der Waals surface area contributed by atoms with Crippen molar-refractivity contribution >= 4 is 29.1 Å². The molecule has 0 heterocycles. The molecule has 2 aromatic carbocycles. The Labute approximate surface area is 169 Å². The third-order valence-corrected chi connectivity index (χ3v) is 5.56. The predicted molar refractivity (Wildman–Crippen MR) is 112 cm³/mol. The molecule has 1 saturated carbocycles. The Morgan fingerprint density at radius 1 is 1.00 bits per heavy atom. The number of fused-ring (bicyclic) bond motifs is 1. The van der Waals surface area contributed by atoms with E-state index >= 15 is 0 Å². The highest BCUT2D eigenvalue weighted by molar-refractivity contribution is 7.78. The van der Waals surface area contributed by atoms with Crippen molar-refractivity contribution in [3.05, 3.63) is 69.8 Å². The van der Waals surface area contributed by atoms with E-state index in [1.807, 2.05) is 11.2 Å². The Kier molecular flexibility index (Phi) is 5.48. The van der Waals surface area contributed by atoms with Crippen molar-refractivity contribution in [2.45, 2.75) is 38.5 Å². The van der Waals surface area contributed by atoms with Crippen LogP contribution in [-0.2, 0) is 6.42 Å². The van der Waals surface area contributed by atoms with Gasteiger partial charge in [-0.15, -0.1) is 0 Å². The van der Waals surface area contributed by atoms with Gasteiger partial charge in [0.05, 0.1) is 5.16 Å². The van der Waals surface area contributed by atoms with E-state index in [9.17, 15) is 8.78 Å². The number of rotatable bonds is 3. The van der Waals surface area contributed by atoms with E-state index in [1.54, 1.807) is 0 Å². The Bertz CT molecular complexity index is 1040. The first-order valence-electron chi connectivity index (χ1n) is 9.53. The van der Waals surface area contributed by atoms with Gasteiger partial charge in [-0.2, -0.15) is 4.99 Å². The van der Waals surface area contributed by atoms with Gasteiger partial charge in [-0.05, 0) is 66.4 Å². The molecular weight excluding hydrogens is 372 g/mol. The van der Waals surface area contributed by atoms with Crippen molar-refractivity contribution in [3.8, 4) is 11.8 Å². The average molecular weight is 391 g/mol. The minimum Gasteiger partial charge on any atom is -0.204 e. The van der Waals surface area contributed by atoms with E-state index in [2.05, 4.69) is 47.3 Å². The molecule has 140 valence electrons. The summed E-state index contributed by atoms with van der Waals surface area (Å²) in [4.78, 5) is 3.41. The molecule has 28 heavy (non-hydrogen) atoms. The van der Waals surface area contributed by atoms with Crippen LogP contribution in [-0.4, -0.2) is 5.16 Å². The van der Waals surface area contributed by atoms with Gasteiger partial charge in [-0.1, -0.05) is 55.2 Å². The first kappa shape index (κ1) is 18.7. The molecule has 0 aromatic heterocycles. The lowest BCUT2D eigenvalue weighted by Gasteiger charge is -2.09. The normalized spacial score (nSPS) is 15.4. The molecule has 1 nitrogen and oxygen atoms in total. The molecule has 0 aliphatic heterocycles. The summed E-state index contributed by atoms with van der Waals surface area (Å²) in [5, 5.41) is 1.98. The predicted octanol–water partition coefficient (Wildman–Crippen LogP) is 6.62. The molecule has 0 bridgehead atoms. The minimum atomic E-state index is -0.795. The second kappa shape index (κ2) is 8.19. The number of hydrogen-bond donors (Lipinski definition) is 0. The molecule has 0 radical (unpaired) electrons. The van der Waals surface area contributed by atoms with Crippen LogP contribution in [0, 0.1) is 29.4 Å². The van der Waals surface area contributed by atoms with Gasteiger partial charge in [0.2, 0.25) is 0 Å². The smallest absolute Gasteiger partial charge is 0.153 e. The maximum absolute atomic E-state index is 13.9. The quantitative estimate of drug-likeness (QED) is 0.325. The van der Waals surface area contributed by atoms with Gasteiger partial charge in [0.25, 0.3) is 0 Å². The number of isothiocyanates is 1. The van der Waals surface area contributed by atoms with Gasteiger partial charge in [-0.3, -0.25) is 0 Å². The summed E-state index contributed by atoms with van der Waals surface area (Å²) in [6.45, 7) is 0. The zero-order valence-electron chi connectivity index (χ0n) is 15.4. The van der Waals surface area contributed by atoms with Crippen LogP contribution in [0.4, 0.5) is 14.5 Å². The van der Waals surface area contributed by atoms with Crippen molar-refractivity contribution in [3.63, 3.8) is 0 Å². The van der Waals surface area contributed by atoms with Gasteiger partial charge >= 0.3 is 0 Å². The summed E-state index contributed by atoms with van der Waals surface area (Å²) in [6, 6.07) is 8.45. The lowest BCUT2D eigenvalue weighted by molar-refractivity contribution is 0.541. The third kappa shape index (κ3) is 4.12. The molecular formula is C24H19F2NS. The van der Waals surface area contributed by atoms with Crippen LogP contribution in [0.3, 0.4) is 0 Å². The van der Waals surface area contributed by atoms with Crippen LogP contribution in [0.1, 0.15) is 54.4 Å². The summed E-state index contributed by atoms with van der Waals surface area (Å²) in [5.74, 6) is 5.10. The topological polar surface area (TPSA) is 12.4 Å². The van der Waals surface area contributed by atoms with E-state index in [-0.39, 0.29) is 5.56 Å². The number of hydrogen-bond acceptors (Lipinski definition) is 2. The molecule has 0 unspecified atom stereocenters. The number of aliphatic imine (C=N–C) groups is 1.